The fraction of sp³-hybridized carbons (Fsp3) is 0.909. The zero-order chi connectivity index (χ0) is 20.5. The molecule has 0 heterocycles. The maximum absolute atomic E-state index is 9.59. The molecule has 6 rings (SSSR count). The van der Waals surface area contributed by atoms with Gasteiger partial charge in [0.15, 0.2) is 0 Å². The van der Waals surface area contributed by atoms with Gasteiger partial charge in [0.1, 0.15) is 0 Å². The summed E-state index contributed by atoms with van der Waals surface area (Å²) in [5.41, 5.74) is 1.88. The molecule has 0 aliphatic heterocycles. The first-order chi connectivity index (χ1) is 13.0. The molecule has 0 radical (unpaired) electrons. The molecule has 6 fully saturated rings. The van der Waals surface area contributed by atoms with Gasteiger partial charge >= 0.3 is 0 Å². The fourth-order valence-electron chi connectivity index (χ4n) is 7.36. The molecule has 0 spiro atoms. The molecule has 158 valence electrons. The maximum Gasteiger partial charge on any atom is 0.0774 e. The summed E-state index contributed by atoms with van der Waals surface area (Å²) in [7, 11) is 0. The molecular weight excluding hydrogens is 352 g/mol. The van der Waals surface area contributed by atoms with Crippen LogP contribution in [0.15, 0.2) is 10.3 Å². The summed E-state index contributed by atoms with van der Waals surface area (Å²) in [5, 5.41) is 34.0. The number of hydrogen-bond acceptors (Lipinski definition) is 6. The van der Waals surface area contributed by atoms with Crippen LogP contribution >= 0.6 is 0 Å². The SMILES string of the molecule is CC1(C)[C@@H]2C/C(=N\O)[C@@](C)(NCCN[C@]3(C)/C(=N/O)C[C@@H]4C[C@H]3C4(C)C)[C@H]1C2. The van der Waals surface area contributed by atoms with Gasteiger partial charge in [0.2, 0.25) is 0 Å². The molecule has 4 bridgehead atoms. The van der Waals surface area contributed by atoms with Crippen molar-refractivity contribution in [3.05, 3.63) is 0 Å². The Kier molecular flexibility index (Phi) is 4.45. The molecule has 0 unspecified atom stereocenters. The number of nitrogens with zero attached hydrogens (tertiary/aromatic N) is 2. The summed E-state index contributed by atoms with van der Waals surface area (Å²) in [5.74, 6) is 2.26. The lowest BCUT2D eigenvalue weighted by Gasteiger charge is -2.65. The number of hydrogen-bond donors (Lipinski definition) is 4. The molecule has 4 N–H and O–H groups in total. The zero-order valence-electron chi connectivity index (χ0n) is 18.3. The van der Waals surface area contributed by atoms with Crippen molar-refractivity contribution in [2.24, 2.45) is 44.8 Å². The molecule has 6 aliphatic rings. The Labute approximate surface area is 169 Å². The molecular formula is C22H38N4O2. The fourth-order valence-corrected chi connectivity index (χ4v) is 7.36. The predicted molar refractivity (Wildman–Crippen MR) is 111 cm³/mol. The van der Waals surface area contributed by atoms with Crippen molar-refractivity contribution >= 4 is 11.4 Å². The molecule has 6 aliphatic carbocycles. The van der Waals surface area contributed by atoms with Gasteiger partial charge in [-0.3, -0.25) is 0 Å². The minimum atomic E-state index is -0.253. The molecule has 6 heteroatoms. The number of oxime groups is 2. The summed E-state index contributed by atoms with van der Waals surface area (Å²) < 4.78 is 0. The molecule has 28 heavy (non-hydrogen) atoms. The summed E-state index contributed by atoms with van der Waals surface area (Å²) in [6, 6.07) is 0. The highest BCUT2D eigenvalue weighted by Crippen LogP contribution is 2.62. The van der Waals surface area contributed by atoms with Gasteiger partial charge in [-0.25, -0.2) is 0 Å². The molecule has 0 saturated heterocycles. The lowest BCUT2D eigenvalue weighted by molar-refractivity contribution is -0.0769. The summed E-state index contributed by atoms with van der Waals surface area (Å²) in [6.45, 7) is 15.4. The van der Waals surface area contributed by atoms with E-state index in [1.807, 2.05) is 0 Å². The van der Waals surface area contributed by atoms with E-state index in [4.69, 9.17) is 0 Å². The van der Waals surface area contributed by atoms with Crippen molar-refractivity contribution < 1.29 is 10.4 Å². The number of rotatable bonds is 5. The van der Waals surface area contributed by atoms with Gasteiger partial charge in [0.05, 0.1) is 22.5 Å². The van der Waals surface area contributed by atoms with Gasteiger partial charge in [-0.1, -0.05) is 38.0 Å². The molecule has 6 atom stereocenters. The van der Waals surface area contributed by atoms with Gasteiger partial charge < -0.3 is 21.0 Å². The predicted octanol–water partition coefficient (Wildman–Crippen LogP) is 3.48. The van der Waals surface area contributed by atoms with Crippen LogP contribution in [0.2, 0.25) is 0 Å². The Balaban J connectivity index is 1.41. The average Bonchev–Trinajstić information content (AvgIpc) is 2.64. The highest BCUT2D eigenvalue weighted by molar-refractivity contribution is 5.96. The minimum absolute atomic E-state index is 0.253. The monoisotopic (exact) mass is 390 g/mol. The maximum atomic E-state index is 9.59. The quantitative estimate of drug-likeness (QED) is 0.329. The van der Waals surface area contributed by atoms with E-state index >= 15 is 0 Å². The molecule has 0 aromatic rings. The first-order valence-electron chi connectivity index (χ1n) is 10.9. The molecule has 0 aromatic carbocycles. The van der Waals surface area contributed by atoms with E-state index in [2.05, 4.69) is 62.5 Å². The van der Waals surface area contributed by atoms with Gasteiger partial charge in [-0.15, -0.1) is 0 Å². The summed E-state index contributed by atoms with van der Waals surface area (Å²) >= 11 is 0. The van der Waals surface area contributed by atoms with Gasteiger partial charge in [-0.2, -0.15) is 0 Å². The number of fused-ring (bicyclic) bond motifs is 4. The highest BCUT2D eigenvalue weighted by atomic mass is 16.4. The normalized spacial score (nSPS) is 48.2. The van der Waals surface area contributed by atoms with Crippen molar-refractivity contribution in [3.8, 4) is 0 Å². The van der Waals surface area contributed by atoms with E-state index in [1.54, 1.807) is 0 Å². The second-order valence-corrected chi connectivity index (χ2v) is 11.4. The lowest BCUT2D eigenvalue weighted by Crippen LogP contribution is -2.72. The van der Waals surface area contributed by atoms with Crippen molar-refractivity contribution in [1.29, 1.82) is 0 Å². The molecule has 6 saturated carbocycles. The Morgan fingerprint density at radius 2 is 1.11 bits per heavy atom. The highest BCUT2D eigenvalue weighted by Gasteiger charge is 2.63. The third-order valence-electron chi connectivity index (χ3n) is 9.76. The second-order valence-electron chi connectivity index (χ2n) is 11.4. The molecule has 0 amide bonds. The van der Waals surface area contributed by atoms with Crippen LogP contribution in [0.4, 0.5) is 0 Å². The van der Waals surface area contributed by atoms with E-state index in [-0.39, 0.29) is 11.1 Å². The van der Waals surface area contributed by atoms with Crippen LogP contribution in [0.1, 0.15) is 67.2 Å². The van der Waals surface area contributed by atoms with Crippen LogP contribution in [0.25, 0.3) is 0 Å². The molecule has 6 nitrogen and oxygen atoms in total. The van der Waals surface area contributed by atoms with Crippen LogP contribution in [-0.2, 0) is 0 Å². The zero-order valence-corrected chi connectivity index (χ0v) is 18.3. The Bertz CT molecular complexity index is 655. The van der Waals surface area contributed by atoms with Crippen molar-refractivity contribution in [1.82, 2.24) is 10.6 Å². The standard InChI is InChI=1S/C22H38N4O2/c1-19(2)13-9-15(19)21(5,17(11-13)25-27)23-7-8-24-22(6)16-10-14(20(16,3)4)12-18(22)26-28/h13-16,23-24,27-28H,7-12H2,1-6H3/b25-17+,26-18+/t13-,14-,15-,16-,21-,22-/m0/s1. The summed E-state index contributed by atoms with van der Waals surface area (Å²) in [6.07, 6.45) is 4.18. The van der Waals surface area contributed by atoms with E-state index in [9.17, 15) is 10.4 Å². The lowest BCUT2D eigenvalue weighted by atomic mass is 9.43. The topological polar surface area (TPSA) is 89.2 Å². The van der Waals surface area contributed by atoms with E-state index in [0.29, 0.717) is 34.5 Å². The Morgan fingerprint density at radius 3 is 1.39 bits per heavy atom. The third kappa shape index (κ3) is 2.46. The van der Waals surface area contributed by atoms with E-state index < -0.39 is 0 Å². The van der Waals surface area contributed by atoms with Crippen LogP contribution in [0.3, 0.4) is 0 Å². The Morgan fingerprint density at radius 1 is 0.750 bits per heavy atom. The first-order valence-corrected chi connectivity index (χ1v) is 10.9. The molecule has 0 aromatic heterocycles. The van der Waals surface area contributed by atoms with Crippen molar-refractivity contribution in [2.75, 3.05) is 13.1 Å². The number of nitrogens with one attached hydrogen (secondary N) is 2. The van der Waals surface area contributed by atoms with Gasteiger partial charge in [0.25, 0.3) is 0 Å². The smallest absolute Gasteiger partial charge is 0.0774 e. The van der Waals surface area contributed by atoms with Crippen molar-refractivity contribution in [2.45, 2.75) is 78.3 Å². The van der Waals surface area contributed by atoms with Crippen molar-refractivity contribution in [3.63, 3.8) is 0 Å². The van der Waals surface area contributed by atoms with Crippen LogP contribution in [0, 0.1) is 34.5 Å². The van der Waals surface area contributed by atoms with E-state index in [0.717, 1.165) is 37.4 Å². The largest absolute Gasteiger partial charge is 0.411 e. The minimum Gasteiger partial charge on any atom is -0.411 e. The first kappa shape index (κ1) is 20.1. The summed E-state index contributed by atoms with van der Waals surface area (Å²) in [4.78, 5) is 0. The van der Waals surface area contributed by atoms with Gasteiger partial charge in [-0.05, 0) is 74.0 Å². The Hall–Kier alpha value is -1.14. The van der Waals surface area contributed by atoms with E-state index in [1.165, 1.54) is 12.8 Å². The van der Waals surface area contributed by atoms with Crippen LogP contribution in [0.5, 0.6) is 0 Å². The van der Waals surface area contributed by atoms with Crippen LogP contribution in [-0.4, -0.2) is 46.0 Å². The van der Waals surface area contributed by atoms with Crippen LogP contribution < -0.4 is 10.6 Å². The third-order valence-corrected chi connectivity index (χ3v) is 9.76. The average molecular weight is 391 g/mol. The van der Waals surface area contributed by atoms with Gasteiger partial charge in [0, 0.05) is 13.1 Å². The second kappa shape index (κ2) is 6.18.